The molecule has 0 aliphatic rings. The fraction of sp³-hybridized carbons (Fsp3) is 0.158. The van der Waals surface area contributed by atoms with E-state index in [4.69, 9.17) is 0 Å². The highest BCUT2D eigenvalue weighted by molar-refractivity contribution is 7.92. The quantitative estimate of drug-likeness (QED) is 0.561. The van der Waals surface area contributed by atoms with Gasteiger partial charge in [-0.1, -0.05) is 24.3 Å². The summed E-state index contributed by atoms with van der Waals surface area (Å²) in [5, 5.41) is 2.60. The van der Waals surface area contributed by atoms with Gasteiger partial charge in [0.05, 0.1) is 28.8 Å². The summed E-state index contributed by atoms with van der Waals surface area (Å²) >= 11 is 0. The number of sulfonamides is 1. The Bertz CT molecular complexity index is 983. The van der Waals surface area contributed by atoms with Crippen LogP contribution in [0.1, 0.15) is 26.3 Å². The molecule has 1 amide bonds. The van der Waals surface area contributed by atoms with Crippen LogP contribution in [0.2, 0.25) is 0 Å². The summed E-state index contributed by atoms with van der Waals surface area (Å²) in [5.74, 6) is -1.08. The number of methoxy groups -OCH3 is 1. The zero-order valence-electron chi connectivity index (χ0n) is 15.0. The molecular formula is C19H20N2O5S. The second kappa shape index (κ2) is 8.50. The van der Waals surface area contributed by atoms with Crippen molar-refractivity contribution in [2.45, 2.75) is 11.8 Å². The Balaban J connectivity index is 2.42. The highest BCUT2D eigenvalue weighted by atomic mass is 32.2. The highest BCUT2D eigenvalue weighted by Gasteiger charge is 2.22. The first-order valence-corrected chi connectivity index (χ1v) is 9.48. The molecule has 0 fully saturated rings. The minimum absolute atomic E-state index is 0.0771. The Labute approximate surface area is 158 Å². The van der Waals surface area contributed by atoms with Crippen molar-refractivity contribution in [2.75, 3.05) is 18.4 Å². The molecule has 0 aliphatic carbocycles. The molecule has 0 bridgehead atoms. The SMILES string of the molecule is C=CCNC(=O)c1ccccc1NS(=O)(=O)c1cc(C(=O)OC)ccc1C. The summed E-state index contributed by atoms with van der Waals surface area (Å²) in [6.07, 6.45) is 1.52. The second-order valence-corrected chi connectivity index (χ2v) is 7.27. The van der Waals surface area contributed by atoms with E-state index >= 15 is 0 Å². The summed E-state index contributed by atoms with van der Waals surface area (Å²) < 4.78 is 32.8. The number of aryl methyl sites for hydroxylation is 1. The van der Waals surface area contributed by atoms with Gasteiger partial charge in [-0.3, -0.25) is 9.52 Å². The van der Waals surface area contributed by atoms with Gasteiger partial charge >= 0.3 is 5.97 Å². The van der Waals surface area contributed by atoms with Crippen molar-refractivity contribution >= 4 is 27.6 Å². The average molecular weight is 388 g/mol. The monoisotopic (exact) mass is 388 g/mol. The number of rotatable bonds is 7. The van der Waals surface area contributed by atoms with Crippen molar-refractivity contribution in [1.29, 1.82) is 0 Å². The number of hydrogen-bond acceptors (Lipinski definition) is 5. The molecule has 2 rings (SSSR count). The molecule has 27 heavy (non-hydrogen) atoms. The van der Waals surface area contributed by atoms with E-state index in [0.29, 0.717) is 5.56 Å². The molecule has 0 aromatic heterocycles. The van der Waals surface area contributed by atoms with E-state index in [2.05, 4.69) is 21.4 Å². The number of benzene rings is 2. The fourth-order valence-electron chi connectivity index (χ4n) is 2.36. The van der Waals surface area contributed by atoms with Crippen LogP contribution >= 0.6 is 0 Å². The number of amides is 1. The summed E-state index contributed by atoms with van der Waals surface area (Å²) in [4.78, 5) is 23.9. The van der Waals surface area contributed by atoms with Gasteiger partial charge in [0.1, 0.15) is 0 Å². The Kier molecular flexibility index (Phi) is 6.36. The van der Waals surface area contributed by atoms with Crippen LogP contribution in [-0.4, -0.2) is 33.9 Å². The molecule has 2 aromatic carbocycles. The minimum Gasteiger partial charge on any atom is -0.465 e. The zero-order valence-corrected chi connectivity index (χ0v) is 15.8. The number of ether oxygens (including phenoxy) is 1. The van der Waals surface area contributed by atoms with E-state index in [9.17, 15) is 18.0 Å². The number of esters is 1. The summed E-state index contributed by atoms with van der Waals surface area (Å²) in [6.45, 7) is 5.38. The smallest absolute Gasteiger partial charge is 0.337 e. The van der Waals surface area contributed by atoms with Gasteiger partial charge in [-0.25, -0.2) is 13.2 Å². The minimum atomic E-state index is -4.04. The molecule has 0 saturated heterocycles. The molecule has 0 radical (unpaired) electrons. The predicted octanol–water partition coefficient (Wildman–Crippen LogP) is 2.50. The van der Waals surface area contributed by atoms with Gasteiger partial charge in [0, 0.05) is 6.54 Å². The lowest BCUT2D eigenvalue weighted by Crippen LogP contribution is -2.25. The molecule has 0 atom stereocenters. The van der Waals surface area contributed by atoms with E-state index < -0.39 is 21.9 Å². The van der Waals surface area contributed by atoms with Gasteiger partial charge in [-0.15, -0.1) is 6.58 Å². The first-order valence-electron chi connectivity index (χ1n) is 8.00. The average Bonchev–Trinajstić information content (AvgIpc) is 2.65. The molecule has 0 aliphatic heterocycles. The molecule has 2 aromatic rings. The number of anilines is 1. The normalized spacial score (nSPS) is 10.7. The van der Waals surface area contributed by atoms with Gasteiger partial charge in [0.25, 0.3) is 15.9 Å². The van der Waals surface area contributed by atoms with E-state index in [1.165, 1.54) is 43.5 Å². The van der Waals surface area contributed by atoms with Crippen LogP contribution in [0.4, 0.5) is 5.69 Å². The Hall–Kier alpha value is -3.13. The van der Waals surface area contributed by atoms with Gasteiger partial charge in [0.2, 0.25) is 0 Å². The molecule has 2 N–H and O–H groups in total. The van der Waals surface area contributed by atoms with Crippen molar-refractivity contribution in [1.82, 2.24) is 5.32 Å². The summed E-state index contributed by atoms with van der Waals surface area (Å²) in [7, 11) is -2.83. The second-order valence-electron chi connectivity index (χ2n) is 5.62. The Morgan fingerprint density at radius 1 is 1.19 bits per heavy atom. The van der Waals surface area contributed by atoms with Gasteiger partial charge in [-0.05, 0) is 36.8 Å². The van der Waals surface area contributed by atoms with Crippen molar-refractivity contribution < 1.29 is 22.7 Å². The van der Waals surface area contributed by atoms with E-state index in [0.717, 1.165) is 0 Å². The predicted molar refractivity (Wildman–Crippen MR) is 102 cm³/mol. The molecule has 8 heteroatoms. The Morgan fingerprint density at radius 2 is 1.89 bits per heavy atom. The topological polar surface area (TPSA) is 102 Å². The molecule has 0 unspecified atom stereocenters. The number of hydrogen-bond donors (Lipinski definition) is 2. The first kappa shape index (κ1) is 20.2. The van der Waals surface area contributed by atoms with Crippen molar-refractivity contribution in [2.24, 2.45) is 0 Å². The lowest BCUT2D eigenvalue weighted by atomic mass is 10.1. The van der Waals surface area contributed by atoms with E-state index in [1.54, 1.807) is 19.1 Å². The summed E-state index contributed by atoms with van der Waals surface area (Å²) in [5.41, 5.74) is 0.857. The van der Waals surface area contributed by atoms with Gasteiger partial charge in [0.15, 0.2) is 0 Å². The van der Waals surface area contributed by atoms with Crippen LogP contribution in [0.3, 0.4) is 0 Å². The van der Waals surface area contributed by atoms with Crippen LogP contribution < -0.4 is 10.0 Å². The third kappa shape index (κ3) is 4.73. The summed E-state index contributed by atoms with van der Waals surface area (Å²) in [6, 6.07) is 10.5. The molecule has 142 valence electrons. The lowest BCUT2D eigenvalue weighted by molar-refractivity contribution is 0.0600. The first-order chi connectivity index (χ1) is 12.8. The number of nitrogens with one attached hydrogen (secondary N) is 2. The van der Waals surface area contributed by atoms with Crippen LogP contribution in [0, 0.1) is 6.92 Å². The van der Waals surface area contributed by atoms with Crippen LogP contribution in [0.5, 0.6) is 0 Å². The van der Waals surface area contributed by atoms with Crippen molar-refractivity contribution in [3.63, 3.8) is 0 Å². The number of para-hydroxylation sites is 1. The largest absolute Gasteiger partial charge is 0.465 e. The molecular weight excluding hydrogens is 368 g/mol. The molecule has 0 spiro atoms. The maximum Gasteiger partial charge on any atom is 0.337 e. The fourth-order valence-corrected chi connectivity index (χ4v) is 3.72. The number of carbonyl (C=O) groups is 2. The third-order valence-electron chi connectivity index (χ3n) is 3.72. The van der Waals surface area contributed by atoms with Crippen molar-refractivity contribution in [3.05, 3.63) is 71.8 Å². The third-order valence-corrected chi connectivity index (χ3v) is 5.23. The van der Waals surface area contributed by atoms with Crippen LogP contribution in [-0.2, 0) is 14.8 Å². The molecule has 0 heterocycles. The van der Waals surface area contributed by atoms with Crippen molar-refractivity contribution in [3.8, 4) is 0 Å². The molecule has 7 nitrogen and oxygen atoms in total. The highest BCUT2D eigenvalue weighted by Crippen LogP contribution is 2.23. The van der Waals surface area contributed by atoms with Crippen LogP contribution in [0.25, 0.3) is 0 Å². The lowest BCUT2D eigenvalue weighted by Gasteiger charge is -2.14. The van der Waals surface area contributed by atoms with Crippen LogP contribution in [0.15, 0.2) is 60.0 Å². The zero-order chi connectivity index (χ0) is 20.0. The standard InChI is InChI=1S/C19H20N2O5S/c1-4-11-20-18(22)15-7-5-6-8-16(15)21-27(24,25)17-12-14(19(23)26-3)10-9-13(17)2/h4-10,12,21H,1,11H2,2-3H3,(H,20,22). The number of carbonyl (C=O) groups excluding carboxylic acids is 2. The van der Waals surface area contributed by atoms with Gasteiger partial charge in [-0.2, -0.15) is 0 Å². The van der Waals surface area contributed by atoms with Gasteiger partial charge < -0.3 is 10.1 Å². The molecule has 0 saturated carbocycles. The Morgan fingerprint density at radius 3 is 2.56 bits per heavy atom. The van der Waals surface area contributed by atoms with E-state index in [1.807, 2.05) is 0 Å². The van der Waals surface area contributed by atoms with E-state index in [-0.39, 0.29) is 28.3 Å². The maximum absolute atomic E-state index is 12.9. The maximum atomic E-state index is 12.9.